The maximum Gasteiger partial charge on any atom is 0.256 e. The van der Waals surface area contributed by atoms with Crippen LogP contribution in [-0.4, -0.2) is 36.2 Å². The molecule has 3 amide bonds. The van der Waals surface area contributed by atoms with Gasteiger partial charge in [0.1, 0.15) is 6.54 Å². The van der Waals surface area contributed by atoms with Crippen LogP contribution in [0.3, 0.4) is 0 Å². The lowest BCUT2D eigenvalue weighted by molar-refractivity contribution is -0.126. The number of fused-ring (bicyclic) bond motifs is 1. The zero-order valence-electron chi connectivity index (χ0n) is 12.7. The molecule has 1 heterocycles. The summed E-state index contributed by atoms with van der Waals surface area (Å²) in [4.78, 5) is 40.0. The molecule has 0 unspecified atom stereocenters. The van der Waals surface area contributed by atoms with Gasteiger partial charge >= 0.3 is 0 Å². The number of rotatable bonds is 2. The topological polar surface area (TPSA) is 57.7 Å². The third-order valence-corrected chi connectivity index (χ3v) is 3.79. The lowest BCUT2D eigenvalue weighted by Gasteiger charge is -2.20. The molecule has 23 heavy (non-hydrogen) atoms. The fourth-order valence-electron chi connectivity index (χ4n) is 2.66. The summed E-state index contributed by atoms with van der Waals surface area (Å²) in [7, 11) is 1.56. The first kappa shape index (κ1) is 15.0. The third kappa shape index (κ3) is 2.85. The van der Waals surface area contributed by atoms with Crippen LogP contribution >= 0.6 is 0 Å². The lowest BCUT2D eigenvalue weighted by Crippen LogP contribution is -2.42. The minimum Gasteiger partial charge on any atom is -0.332 e. The Balaban J connectivity index is 2.00. The summed E-state index contributed by atoms with van der Waals surface area (Å²) in [5.41, 5.74) is 1.54. The second-order valence-electron chi connectivity index (χ2n) is 5.46. The van der Waals surface area contributed by atoms with E-state index in [1.807, 2.05) is 30.3 Å². The number of carbonyl (C=O) groups is 3. The third-order valence-electron chi connectivity index (χ3n) is 3.79. The van der Waals surface area contributed by atoms with Crippen molar-refractivity contribution >= 4 is 23.4 Å². The van der Waals surface area contributed by atoms with Crippen LogP contribution in [0.1, 0.15) is 15.9 Å². The number of likely N-dealkylation sites (N-methyl/N-ethyl adjacent to an activating group) is 1. The second kappa shape index (κ2) is 6.04. The highest BCUT2D eigenvalue weighted by atomic mass is 16.2. The van der Waals surface area contributed by atoms with Crippen molar-refractivity contribution in [3.63, 3.8) is 0 Å². The minimum atomic E-state index is -0.397. The normalized spacial score (nSPS) is 14.5. The number of nitrogens with zero attached hydrogens (tertiary/aromatic N) is 2. The van der Waals surface area contributed by atoms with E-state index in [4.69, 9.17) is 0 Å². The Labute approximate surface area is 134 Å². The molecule has 5 heteroatoms. The van der Waals surface area contributed by atoms with Gasteiger partial charge in [-0.2, -0.15) is 0 Å². The molecule has 0 saturated heterocycles. The molecule has 1 aliphatic heterocycles. The predicted octanol–water partition coefficient (Wildman–Crippen LogP) is 1.87. The molecule has 0 spiro atoms. The van der Waals surface area contributed by atoms with Gasteiger partial charge in [0.25, 0.3) is 11.8 Å². The molecule has 3 rings (SSSR count). The van der Waals surface area contributed by atoms with Crippen molar-refractivity contribution in [3.05, 3.63) is 65.7 Å². The van der Waals surface area contributed by atoms with Crippen LogP contribution in [0.2, 0.25) is 0 Å². The summed E-state index contributed by atoms with van der Waals surface area (Å²) < 4.78 is 0. The van der Waals surface area contributed by atoms with E-state index in [9.17, 15) is 14.4 Å². The predicted molar refractivity (Wildman–Crippen MR) is 86.0 cm³/mol. The Hall–Kier alpha value is -2.95. The molecular formula is C18H16N2O3. The van der Waals surface area contributed by atoms with Gasteiger partial charge in [-0.15, -0.1) is 0 Å². The zero-order chi connectivity index (χ0) is 16.4. The number of benzene rings is 2. The summed E-state index contributed by atoms with van der Waals surface area (Å²) >= 11 is 0. The second-order valence-corrected chi connectivity index (χ2v) is 5.46. The highest BCUT2D eigenvalue weighted by Gasteiger charge is 2.33. The molecule has 0 aromatic heterocycles. The first-order valence-corrected chi connectivity index (χ1v) is 7.32. The SMILES string of the molecule is CN1CC(=O)N(C(=O)Cc2ccccc2)c2ccccc2C1=O. The Morgan fingerprint density at radius 1 is 1.00 bits per heavy atom. The van der Waals surface area contributed by atoms with E-state index in [0.717, 1.165) is 10.5 Å². The van der Waals surface area contributed by atoms with E-state index in [2.05, 4.69) is 0 Å². The summed E-state index contributed by atoms with van der Waals surface area (Å²) in [6.07, 6.45) is 0.110. The molecule has 0 radical (unpaired) electrons. The van der Waals surface area contributed by atoms with Gasteiger partial charge in [0.2, 0.25) is 5.91 Å². The van der Waals surface area contributed by atoms with E-state index in [1.165, 1.54) is 4.90 Å². The van der Waals surface area contributed by atoms with E-state index in [0.29, 0.717) is 11.3 Å². The van der Waals surface area contributed by atoms with Crippen molar-refractivity contribution in [2.75, 3.05) is 18.5 Å². The quantitative estimate of drug-likeness (QED) is 0.851. The van der Waals surface area contributed by atoms with Gasteiger partial charge in [0, 0.05) is 7.05 Å². The van der Waals surface area contributed by atoms with Gasteiger partial charge in [-0.05, 0) is 17.7 Å². The van der Waals surface area contributed by atoms with Gasteiger partial charge in [-0.25, -0.2) is 4.90 Å². The largest absolute Gasteiger partial charge is 0.332 e. The molecule has 0 saturated carbocycles. The average molecular weight is 308 g/mol. The van der Waals surface area contributed by atoms with Crippen molar-refractivity contribution in [1.82, 2.24) is 4.90 Å². The first-order valence-electron chi connectivity index (χ1n) is 7.32. The fourth-order valence-corrected chi connectivity index (χ4v) is 2.66. The van der Waals surface area contributed by atoms with Crippen molar-refractivity contribution < 1.29 is 14.4 Å². The zero-order valence-corrected chi connectivity index (χ0v) is 12.7. The number of imide groups is 1. The molecule has 1 aliphatic rings. The molecule has 0 atom stereocenters. The monoisotopic (exact) mass is 308 g/mol. The van der Waals surface area contributed by atoms with Gasteiger partial charge in [-0.1, -0.05) is 42.5 Å². The van der Waals surface area contributed by atoms with E-state index in [-0.39, 0.29) is 24.8 Å². The van der Waals surface area contributed by atoms with Crippen molar-refractivity contribution in [3.8, 4) is 0 Å². The summed E-state index contributed by atoms with van der Waals surface area (Å²) in [5, 5.41) is 0. The van der Waals surface area contributed by atoms with Gasteiger partial charge in [0.05, 0.1) is 17.7 Å². The van der Waals surface area contributed by atoms with E-state index in [1.54, 1.807) is 31.3 Å². The molecule has 0 N–H and O–H groups in total. The van der Waals surface area contributed by atoms with Crippen LogP contribution in [0.4, 0.5) is 5.69 Å². The van der Waals surface area contributed by atoms with Crippen LogP contribution < -0.4 is 4.90 Å². The minimum absolute atomic E-state index is 0.110. The van der Waals surface area contributed by atoms with Crippen LogP contribution in [0, 0.1) is 0 Å². The maximum atomic E-state index is 12.7. The van der Waals surface area contributed by atoms with Gasteiger partial charge < -0.3 is 4.90 Å². The summed E-state index contributed by atoms with van der Waals surface area (Å²) in [6, 6.07) is 15.9. The Morgan fingerprint density at radius 2 is 1.65 bits per heavy atom. The number of carbonyl (C=O) groups excluding carboxylic acids is 3. The van der Waals surface area contributed by atoms with Crippen molar-refractivity contribution in [2.45, 2.75) is 6.42 Å². The smallest absolute Gasteiger partial charge is 0.256 e. The Morgan fingerprint density at radius 3 is 2.39 bits per heavy atom. The van der Waals surface area contributed by atoms with Crippen LogP contribution in [0.5, 0.6) is 0 Å². The molecule has 5 nitrogen and oxygen atoms in total. The molecule has 2 aromatic carbocycles. The van der Waals surface area contributed by atoms with E-state index >= 15 is 0 Å². The first-order chi connectivity index (χ1) is 11.1. The fraction of sp³-hybridized carbons (Fsp3) is 0.167. The molecule has 2 aromatic rings. The molecule has 0 aliphatic carbocycles. The summed E-state index contributed by atoms with van der Waals surface area (Å²) in [5.74, 6) is -0.993. The standard InChI is InChI=1S/C18H16N2O3/c1-19-12-17(22)20(15-10-6-5-9-14(15)18(19)23)16(21)11-13-7-3-2-4-8-13/h2-10H,11-12H2,1H3. The Bertz CT molecular complexity index is 771. The van der Waals surface area contributed by atoms with Crippen LogP contribution in [0.25, 0.3) is 0 Å². The number of anilines is 1. The molecule has 0 bridgehead atoms. The lowest BCUT2D eigenvalue weighted by atomic mass is 10.1. The summed E-state index contributed by atoms with van der Waals surface area (Å²) in [6.45, 7) is -0.117. The number of hydrogen-bond acceptors (Lipinski definition) is 3. The van der Waals surface area contributed by atoms with Gasteiger partial charge in [-0.3, -0.25) is 14.4 Å². The highest BCUT2D eigenvalue weighted by molar-refractivity contribution is 6.21. The molecule has 116 valence electrons. The number of amides is 3. The van der Waals surface area contributed by atoms with Crippen LogP contribution in [0.15, 0.2) is 54.6 Å². The highest BCUT2D eigenvalue weighted by Crippen LogP contribution is 2.25. The van der Waals surface area contributed by atoms with Crippen molar-refractivity contribution in [1.29, 1.82) is 0 Å². The number of para-hydroxylation sites is 1. The average Bonchev–Trinajstić information content (AvgIpc) is 2.64. The maximum absolute atomic E-state index is 12.7. The van der Waals surface area contributed by atoms with Crippen molar-refractivity contribution in [2.24, 2.45) is 0 Å². The number of hydrogen-bond donors (Lipinski definition) is 0. The Kier molecular flexibility index (Phi) is 3.93. The molecular weight excluding hydrogens is 292 g/mol. The van der Waals surface area contributed by atoms with Crippen LogP contribution in [-0.2, 0) is 16.0 Å². The van der Waals surface area contributed by atoms with E-state index < -0.39 is 5.91 Å². The molecule has 0 fully saturated rings. The van der Waals surface area contributed by atoms with Gasteiger partial charge in [0.15, 0.2) is 0 Å².